The molecular formula is C64H45N3O. The zero-order valence-electron chi connectivity index (χ0n) is 37.2. The smallest absolute Gasteiger partial charge is 0.132 e. The number of hydrogen-bond donors (Lipinski definition) is 2. The first-order valence-electron chi connectivity index (χ1n) is 23.8. The summed E-state index contributed by atoms with van der Waals surface area (Å²) in [6.45, 7) is 0. The Labute approximate surface area is 395 Å². The van der Waals surface area contributed by atoms with E-state index < -0.39 is 5.41 Å². The van der Waals surface area contributed by atoms with Crippen molar-refractivity contribution in [1.82, 2.24) is 10.6 Å². The maximum Gasteiger partial charge on any atom is 0.132 e. The Morgan fingerprint density at radius 2 is 1.15 bits per heavy atom. The Hall–Kier alpha value is -8.31. The zero-order valence-corrected chi connectivity index (χ0v) is 37.2. The summed E-state index contributed by atoms with van der Waals surface area (Å²) in [7, 11) is 0. The van der Waals surface area contributed by atoms with E-state index in [2.05, 4.69) is 247 Å². The van der Waals surface area contributed by atoms with E-state index in [0.717, 1.165) is 45.2 Å². The predicted molar refractivity (Wildman–Crippen MR) is 278 cm³/mol. The summed E-state index contributed by atoms with van der Waals surface area (Å²) in [5.41, 5.74) is 12.6. The number of ether oxygens (including phenoxy) is 1. The maximum atomic E-state index is 6.86. The number of amidine groups is 1. The molecule has 2 aliphatic carbocycles. The van der Waals surface area contributed by atoms with E-state index in [1.54, 1.807) is 0 Å². The molecule has 4 nitrogen and oxygen atoms in total. The van der Waals surface area contributed by atoms with Gasteiger partial charge in [-0.3, -0.25) is 5.32 Å². The second-order valence-corrected chi connectivity index (χ2v) is 18.6. The monoisotopic (exact) mass is 871 g/mol. The van der Waals surface area contributed by atoms with Gasteiger partial charge in [-0.2, -0.15) is 0 Å². The number of benzene rings is 10. The molecule has 5 unspecified atom stereocenters. The van der Waals surface area contributed by atoms with Crippen LogP contribution in [-0.2, 0) is 5.41 Å². The van der Waals surface area contributed by atoms with Crippen LogP contribution >= 0.6 is 0 Å². The molecule has 10 aromatic carbocycles. The van der Waals surface area contributed by atoms with Crippen LogP contribution in [0.2, 0.25) is 0 Å². The van der Waals surface area contributed by atoms with Crippen LogP contribution in [0.3, 0.4) is 0 Å². The molecule has 0 bridgehead atoms. The third-order valence-electron chi connectivity index (χ3n) is 15.1. The average molecular weight is 872 g/mol. The van der Waals surface area contributed by atoms with E-state index in [1.807, 2.05) is 0 Å². The number of para-hydroxylation sites is 1. The Morgan fingerprint density at radius 1 is 0.456 bits per heavy atom. The highest BCUT2D eigenvalue weighted by molar-refractivity contribution is 6.20. The van der Waals surface area contributed by atoms with Gasteiger partial charge in [0.25, 0.3) is 0 Å². The Bertz CT molecular complexity index is 3760. The summed E-state index contributed by atoms with van der Waals surface area (Å²) in [5.74, 6) is 3.06. The molecule has 10 aromatic rings. The molecule has 0 saturated heterocycles. The lowest BCUT2D eigenvalue weighted by Gasteiger charge is -2.43. The minimum atomic E-state index is -0.463. The van der Waals surface area contributed by atoms with Crippen molar-refractivity contribution in [3.63, 3.8) is 0 Å². The summed E-state index contributed by atoms with van der Waals surface area (Å²) in [6.07, 6.45) is 8.60. The Kier molecular flexibility index (Phi) is 8.80. The minimum absolute atomic E-state index is 0.172. The largest absolute Gasteiger partial charge is 0.457 e. The molecule has 2 heterocycles. The number of nitrogens with one attached hydrogen (secondary N) is 2. The third-order valence-corrected chi connectivity index (χ3v) is 15.1. The van der Waals surface area contributed by atoms with E-state index in [1.165, 1.54) is 65.7 Å². The molecule has 2 aliphatic heterocycles. The lowest BCUT2D eigenvalue weighted by molar-refractivity contribution is 0.371. The van der Waals surface area contributed by atoms with Crippen molar-refractivity contribution in [1.29, 1.82) is 0 Å². The standard InChI is InChI=1S/C64H45N3O/c1-2-16-40(17-3-1)46-20-8-9-25-52(46)63-66-61(43-32-30-42(31-33-43)60-48-22-7-5-19-44(48)38-53-47-21-6-4-18-41(47)34-36-51(53)60)65-62(67-63)45-35-37-59-57(39-45)64(56-28-14-15-29-58(56)68-59)54-26-12-10-23-49(54)50-24-11-13-27-55(50)64/h1-39,49,54,61-62,65H,(H,66,67). The zero-order chi connectivity index (χ0) is 44.8. The first-order chi connectivity index (χ1) is 33.7. The fourth-order valence-corrected chi connectivity index (χ4v) is 12.1. The fraction of sp³-hybridized carbons (Fsp3) is 0.0781. The van der Waals surface area contributed by atoms with Crippen LogP contribution in [-0.4, -0.2) is 5.84 Å². The molecule has 4 aliphatic rings. The van der Waals surface area contributed by atoms with Crippen LogP contribution in [0.4, 0.5) is 0 Å². The van der Waals surface area contributed by atoms with E-state index in [9.17, 15) is 0 Å². The molecule has 0 amide bonds. The van der Waals surface area contributed by atoms with E-state index in [4.69, 9.17) is 9.73 Å². The van der Waals surface area contributed by atoms with Crippen molar-refractivity contribution >= 4 is 38.2 Å². The number of hydrogen-bond acceptors (Lipinski definition) is 4. The molecule has 0 aromatic heterocycles. The Morgan fingerprint density at radius 3 is 2.03 bits per heavy atom. The minimum Gasteiger partial charge on any atom is -0.457 e. The van der Waals surface area contributed by atoms with Gasteiger partial charge in [-0.15, -0.1) is 0 Å². The van der Waals surface area contributed by atoms with Crippen molar-refractivity contribution in [3.05, 3.63) is 276 Å². The predicted octanol–water partition coefficient (Wildman–Crippen LogP) is 15.1. The van der Waals surface area contributed by atoms with Gasteiger partial charge in [0.2, 0.25) is 0 Å². The topological polar surface area (TPSA) is 45.6 Å². The average Bonchev–Trinajstić information content (AvgIpc) is 3.71. The van der Waals surface area contributed by atoms with Gasteiger partial charge in [0.1, 0.15) is 29.7 Å². The second-order valence-electron chi connectivity index (χ2n) is 18.6. The molecule has 322 valence electrons. The molecule has 0 saturated carbocycles. The van der Waals surface area contributed by atoms with Crippen molar-refractivity contribution in [2.24, 2.45) is 10.9 Å². The molecule has 1 spiro atoms. The molecule has 5 atom stereocenters. The summed E-state index contributed by atoms with van der Waals surface area (Å²) < 4.78 is 6.86. The Balaban J connectivity index is 0.918. The quantitative estimate of drug-likeness (QED) is 0.134. The molecule has 2 N–H and O–H groups in total. The molecule has 0 radical (unpaired) electrons. The fourth-order valence-electron chi connectivity index (χ4n) is 12.1. The number of allylic oxidation sites excluding steroid dienone is 4. The first kappa shape index (κ1) is 38.9. The van der Waals surface area contributed by atoms with Crippen molar-refractivity contribution in [3.8, 4) is 33.8 Å². The van der Waals surface area contributed by atoms with Gasteiger partial charge in [0.15, 0.2) is 0 Å². The lowest BCUT2D eigenvalue weighted by Crippen LogP contribution is -2.45. The number of nitrogens with zero attached hydrogens (tertiary/aromatic N) is 1. The molecule has 14 rings (SSSR count). The van der Waals surface area contributed by atoms with Gasteiger partial charge in [-0.05, 0) is 101 Å². The van der Waals surface area contributed by atoms with Crippen molar-refractivity contribution in [2.75, 3.05) is 0 Å². The first-order valence-corrected chi connectivity index (χ1v) is 23.8. The number of fused-ring (bicyclic) bond motifs is 13. The summed E-state index contributed by atoms with van der Waals surface area (Å²) in [5, 5.41) is 15.4. The van der Waals surface area contributed by atoms with E-state index in [-0.39, 0.29) is 24.2 Å². The second kappa shape index (κ2) is 15.4. The highest BCUT2D eigenvalue weighted by Crippen LogP contribution is 2.64. The number of rotatable bonds is 5. The van der Waals surface area contributed by atoms with Gasteiger partial charge < -0.3 is 10.1 Å². The van der Waals surface area contributed by atoms with Crippen LogP contribution in [0.25, 0.3) is 54.6 Å². The van der Waals surface area contributed by atoms with Gasteiger partial charge in [-0.25, -0.2) is 4.99 Å². The van der Waals surface area contributed by atoms with Crippen molar-refractivity contribution < 1.29 is 4.74 Å². The molecular weight excluding hydrogens is 827 g/mol. The van der Waals surface area contributed by atoms with Crippen LogP contribution in [0.1, 0.15) is 57.2 Å². The van der Waals surface area contributed by atoms with E-state index in [0.29, 0.717) is 0 Å². The third kappa shape index (κ3) is 5.87. The molecule has 68 heavy (non-hydrogen) atoms. The van der Waals surface area contributed by atoms with Gasteiger partial charge in [0, 0.05) is 28.5 Å². The van der Waals surface area contributed by atoms with Crippen LogP contribution in [0.5, 0.6) is 11.5 Å². The number of aliphatic imine (C=N–C) groups is 1. The molecule has 4 heteroatoms. The maximum absolute atomic E-state index is 6.86. The SMILES string of the molecule is C1=CC2c3ccccc3C3(c4ccccc4Oc4ccc(C5N=C(c6ccccc6-c6ccccc6)NC(c6ccc(-c7c8ccccc8cc8c7ccc7ccccc78)cc6)N5)cc43)C2C=C1. The highest BCUT2D eigenvalue weighted by atomic mass is 16.5. The van der Waals surface area contributed by atoms with Gasteiger partial charge in [0.05, 0.1) is 5.41 Å². The van der Waals surface area contributed by atoms with Gasteiger partial charge >= 0.3 is 0 Å². The van der Waals surface area contributed by atoms with Crippen LogP contribution in [0.15, 0.2) is 242 Å². The summed E-state index contributed by atoms with van der Waals surface area (Å²) in [4.78, 5) is 5.61. The van der Waals surface area contributed by atoms with E-state index >= 15 is 0 Å². The lowest BCUT2D eigenvalue weighted by atomic mass is 9.61. The van der Waals surface area contributed by atoms with Gasteiger partial charge in [-0.1, -0.05) is 212 Å². The summed E-state index contributed by atoms with van der Waals surface area (Å²) >= 11 is 0. The molecule has 0 fully saturated rings. The van der Waals surface area contributed by atoms with Crippen LogP contribution in [0, 0.1) is 5.92 Å². The summed E-state index contributed by atoms with van der Waals surface area (Å²) in [6, 6.07) is 77.3. The highest BCUT2D eigenvalue weighted by Gasteiger charge is 2.56. The van der Waals surface area contributed by atoms with Crippen molar-refractivity contribution in [2.45, 2.75) is 23.7 Å². The normalized spacial score (nSPS) is 20.9. The van der Waals surface area contributed by atoms with Crippen LogP contribution < -0.4 is 15.4 Å².